The number of fused-ring (bicyclic) bond motifs is 1. The van der Waals surface area contributed by atoms with Gasteiger partial charge >= 0.3 is 6.18 Å². The van der Waals surface area contributed by atoms with Gasteiger partial charge in [0.05, 0.1) is 18.7 Å². The largest absolute Gasteiger partial charge is 0.470 e. The highest BCUT2D eigenvalue weighted by Gasteiger charge is 2.56. The molecule has 4 aliphatic rings. The summed E-state index contributed by atoms with van der Waals surface area (Å²) in [6.45, 7) is 3.98. The van der Waals surface area contributed by atoms with Gasteiger partial charge in [0.2, 0.25) is 0 Å². The van der Waals surface area contributed by atoms with Crippen LogP contribution in [0, 0.1) is 23.5 Å². The van der Waals surface area contributed by atoms with Crippen molar-refractivity contribution in [2.24, 2.45) is 11.8 Å². The second-order valence-corrected chi connectivity index (χ2v) is 11.8. The fourth-order valence-electron chi connectivity index (χ4n) is 6.88. The summed E-state index contributed by atoms with van der Waals surface area (Å²) >= 11 is 0. The first-order valence-corrected chi connectivity index (χ1v) is 14.0. The predicted molar refractivity (Wildman–Crippen MR) is 136 cm³/mol. The van der Waals surface area contributed by atoms with Gasteiger partial charge in [-0.3, -0.25) is 9.69 Å². The molecule has 1 aliphatic carbocycles. The quantitative estimate of drug-likeness (QED) is 0.420. The van der Waals surface area contributed by atoms with Gasteiger partial charge in [-0.15, -0.1) is 0 Å². The Morgan fingerprint density at radius 1 is 1.05 bits per heavy atom. The Kier molecular flexibility index (Phi) is 7.05. The van der Waals surface area contributed by atoms with Crippen LogP contribution in [0.25, 0.3) is 0 Å². The Morgan fingerprint density at radius 2 is 1.80 bits per heavy atom. The highest BCUT2D eigenvalue weighted by molar-refractivity contribution is 5.86. The Hall–Kier alpha value is -2.72. The molecule has 4 atom stereocenters. The zero-order chi connectivity index (χ0) is 28.2. The fraction of sp³-hybridized carbons (Fsp3) is 0.567. The average molecular weight is 565 g/mol. The van der Waals surface area contributed by atoms with E-state index in [1.165, 1.54) is 17.0 Å². The molecule has 2 aromatic carbocycles. The molecule has 1 amide bonds. The van der Waals surface area contributed by atoms with Crippen LogP contribution in [-0.2, 0) is 22.3 Å². The van der Waals surface area contributed by atoms with Crippen molar-refractivity contribution in [1.29, 1.82) is 0 Å². The molecule has 40 heavy (non-hydrogen) atoms. The number of carbonyl (C=O) groups is 1. The van der Waals surface area contributed by atoms with Crippen molar-refractivity contribution >= 4 is 5.91 Å². The molecule has 0 bridgehead atoms. The number of piperidine rings is 1. The number of rotatable bonds is 4. The number of carbonyl (C=O) groups excluding carboxylic acids is 1. The maximum absolute atomic E-state index is 14.4. The summed E-state index contributed by atoms with van der Waals surface area (Å²) in [6, 6.07) is 8.20. The highest BCUT2D eigenvalue weighted by Crippen LogP contribution is 2.49. The normalized spacial score (nSPS) is 29.6. The molecule has 3 aliphatic heterocycles. The van der Waals surface area contributed by atoms with Crippen LogP contribution in [0.3, 0.4) is 0 Å². The molecule has 5 nitrogen and oxygen atoms in total. The summed E-state index contributed by atoms with van der Waals surface area (Å²) in [7, 11) is 0. The number of hydrogen-bond donors (Lipinski definition) is 0. The Bertz CT molecular complexity index is 1260. The lowest BCUT2D eigenvalue weighted by Gasteiger charge is -2.47. The lowest BCUT2D eigenvalue weighted by atomic mass is 9.80. The van der Waals surface area contributed by atoms with E-state index in [4.69, 9.17) is 9.47 Å². The summed E-state index contributed by atoms with van der Waals surface area (Å²) in [4.78, 5) is 17.6. The average Bonchev–Trinajstić information content (AvgIpc) is 3.79. The van der Waals surface area contributed by atoms with Crippen LogP contribution in [-0.4, -0.2) is 53.8 Å². The number of halogens is 5. The Morgan fingerprint density at radius 3 is 2.42 bits per heavy atom. The number of amides is 1. The summed E-state index contributed by atoms with van der Waals surface area (Å²) < 4.78 is 79.5. The molecule has 0 unspecified atom stereocenters. The monoisotopic (exact) mass is 564 g/mol. The molecule has 216 valence electrons. The zero-order valence-corrected chi connectivity index (χ0v) is 22.4. The third kappa shape index (κ3) is 5.09. The van der Waals surface area contributed by atoms with E-state index in [0.29, 0.717) is 30.9 Å². The van der Waals surface area contributed by atoms with Crippen molar-refractivity contribution in [3.8, 4) is 5.75 Å². The third-order valence-electron chi connectivity index (χ3n) is 9.19. The van der Waals surface area contributed by atoms with E-state index >= 15 is 0 Å². The topological polar surface area (TPSA) is 42.0 Å². The number of ether oxygens (including phenoxy) is 2. The number of likely N-dealkylation sites (tertiary alicyclic amines) is 1. The number of nitrogens with zero attached hydrogens (tertiary/aromatic N) is 2. The first-order chi connectivity index (χ1) is 19.0. The van der Waals surface area contributed by atoms with Gasteiger partial charge < -0.3 is 14.4 Å². The van der Waals surface area contributed by atoms with Crippen LogP contribution in [0.15, 0.2) is 36.4 Å². The third-order valence-corrected chi connectivity index (χ3v) is 9.19. The van der Waals surface area contributed by atoms with Gasteiger partial charge in [0, 0.05) is 18.2 Å². The van der Waals surface area contributed by atoms with E-state index in [1.54, 1.807) is 0 Å². The van der Waals surface area contributed by atoms with Crippen molar-refractivity contribution < 1.29 is 36.2 Å². The van der Waals surface area contributed by atoms with Crippen molar-refractivity contribution in [1.82, 2.24) is 9.80 Å². The van der Waals surface area contributed by atoms with Crippen LogP contribution < -0.4 is 4.74 Å². The number of hydrogen-bond acceptors (Lipinski definition) is 4. The summed E-state index contributed by atoms with van der Waals surface area (Å²) in [5, 5.41) is 0. The van der Waals surface area contributed by atoms with Crippen molar-refractivity contribution in [3.05, 3.63) is 64.7 Å². The second-order valence-electron chi connectivity index (χ2n) is 11.8. The molecule has 0 radical (unpaired) electrons. The molecule has 0 spiro atoms. The number of benzene rings is 2. The van der Waals surface area contributed by atoms with Gasteiger partial charge in [0.1, 0.15) is 11.4 Å². The SMILES string of the molecule is C[C@@H]1CN([C@@H]2CC[C@@](C(=O)N3COc4c(F)cc(C(F)(F)F)cc4C3)(C3CC3)OC2)CC[C@H]1c1ccc(F)cc1. The van der Waals surface area contributed by atoms with Crippen molar-refractivity contribution in [2.45, 2.75) is 69.3 Å². The van der Waals surface area contributed by atoms with E-state index in [2.05, 4.69) is 11.8 Å². The molecule has 1 saturated carbocycles. The number of alkyl halides is 3. The van der Waals surface area contributed by atoms with Gasteiger partial charge in [0.15, 0.2) is 18.3 Å². The molecule has 3 heterocycles. The highest BCUT2D eigenvalue weighted by atomic mass is 19.4. The van der Waals surface area contributed by atoms with E-state index < -0.39 is 23.2 Å². The van der Waals surface area contributed by atoms with Crippen LogP contribution in [0.1, 0.15) is 61.6 Å². The summed E-state index contributed by atoms with van der Waals surface area (Å²) in [5.41, 5.74) is -0.980. The van der Waals surface area contributed by atoms with E-state index in [1.807, 2.05) is 12.1 Å². The molecule has 0 aromatic heterocycles. The van der Waals surface area contributed by atoms with Crippen LogP contribution in [0.4, 0.5) is 22.0 Å². The lowest BCUT2D eigenvalue weighted by Crippen LogP contribution is -2.59. The zero-order valence-electron chi connectivity index (χ0n) is 22.4. The minimum atomic E-state index is -4.70. The van der Waals surface area contributed by atoms with Gasteiger partial charge in [-0.05, 0) is 86.2 Å². The molecule has 2 saturated heterocycles. The first-order valence-electron chi connectivity index (χ1n) is 14.0. The molecular formula is C30H33F5N2O3. The summed E-state index contributed by atoms with van der Waals surface area (Å²) in [6.07, 6.45) is -0.744. The Balaban J connectivity index is 1.12. The fourth-order valence-corrected chi connectivity index (χ4v) is 6.88. The molecular weight excluding hydrogens is 531 g/mol. The molecule has 6 rings (SSSR count). The van der Waals surface area contributed by atoms with E-state index in [0.717, 1.165) is 50.4 Å². The molecule has 0 N–H and O–H groups in total. The predicted octanol–water partition coefficient (Wildman–Crippen LogP) is 6.12. The molecule has 3 fully saturated rings. The Labute approximate surface area is 230 Å². The van der Waals surface area contributed by atoms with Crippen LogP contribution >= 0.6 is 0 Å². The lowest BCUT2D eigenvalue weighted by molar-refractivity contribution is -0.180. The van der Waals surface area contributed by atoms with Gasteiger partial charge in [-0.1, -0.05) is 19.1 Å². The maximum atomic E-state index is 14.4. The second kappa shape index (κ2) is 10.3. The van der Waals surface area contributed by atoms with Gasteiger partial charge in [0.25, 0.3) is 5.91 Å². The van der Waals surface area contributed by atoms with Crippen molar-refractivity contribution in [2.75, 3.05) is 26.4 Å². The maximum Gasteiger partial charge on any atom is 0.416 e. The van der Waals surface area contributed by atoms with Crippen LogP contribution in [0.5, 0.6) is 5.75 Å². The minimum Gasteiger partial charge on any atom is -0.470 e. The summed E-state index contributed by atoms with van der Waals surface area (Å²) in [5.74, 6) is -1.05. The van der Waals surface area contributed by atoms with E-state index in [9.17, 15) is 26.7 Å². The van der Waals surface area contributed by atoms with Crippen LogP contribution in [0.2, 0.25) is 0 Å². The van der Waals surface area contributed by atoms with E-state index in [-0.39, 0.29) is 48.3 Å². The van der Waals surface area contributed by atoms with Gasteiger partial charge in [-0.2, -0.15) is 13.2 Å². The smallest absolute Gasteiger partial charge is 0.416 e. The minimum absolute atomic E-state index is 0.00423. The van der Waals surface area contributed by atoms with Gasteiger partial charge in [-0.25, -0.2) is 8.78 Å². The molecule has 10 heteroatoms. The van der Waals surface area contributed by atoms with Crippen molar-refractivity contribution in [3.63, 3.8) is 0 Å². The first kappa shape index (κ1) is 27.4. The standard InChI is InChI=1S/C30H33F5N2O3/c1-18-14-36(11-9-25(18)19-2-6-23(31)7-3-19)24-8-10-29(40-16-24,21-4-5-21)28(38)37-15-20-12-22(30(33,34)35)13-26(32)27(20)39-17-37/h2-3,6-7,12-13,18,21,24-25H,4-5,8-11,14-17H2,1H3/t18-,24-,25-,29+/m1/s1. The molecule has 2 aromatic rings.